The fraction of sp³-hybridized carbons (Fsp3) is 0.368. The maximum absolute atomic E-state index is 11.5. The second-order valence-electron chi connectivity index (χ2n) is 5.96. The molecule has 0 spiro atoms. The second kappa shape index (κ2) is 6.61. The van der Waals surface area contributed by atoms with Crippen molar-refractivity contribution in [2.24, 2.45) is 0 Å². The maximum Gasteiger partial charge on any atom is 0.121 e. The molecule has 0 bridgehead atoms. The van der Waals surface area contributed by atoms with Crippen molar-refractivity contribution in [3.8, 4) is 0 Å². The van der Waals surface area contributed by atoms with Gasteiger partial charge in [0.15, 0.2) is 0 Å². The first kappa shape index (κ1) is 15.2. The van der Waals surface area contributed by atoms with E-state index in [1.54, 1.807) is 0 Å². The summed E-state index contributed by atoms with van der Waals surface area (Å²) < 4.78 is 5.90. The van der Waals surface area contributed by atoms with E-state index in [0.29, 0.717) is 19.6 Å². The van der Waals surface area contributed by atoms with Crippen molar-refractivity contribution in [2.45, 2.75) is 25.0 Å². The number of rotatable bonds is 4. The Balaban J connectivity index is 1.97. The van der Waals surface area contributed by atoms with Gasteiger partial charge in [-0.15, -0.1) is 0 Å². The van der Waals surface area contributed by atoms with Gasteiger partial charge >= 0.3 is 0 Å². The number of hydrogen-bond acceptors (Lipinski definition) is 3. The maximum atomic E-state index is 11.5. The molecule has 1 fully saturated rings. The van der Waals surface area contributed by atoms with Crippen LogP contribution in [0.5, 0.6) is 0 Å². The first-order valence-corrected chi connectivity index (χ1v) is 7.85. The third-order valence-electron chi connectivity index (χ3n) is 4.46. The van der Waals surface area contributed by atoms with Gasteiger partial charge < -0.3 is 15.2 Å². The molecule has 1 aliphatic rings. The summed E-state index contributed by atoms with van der Waals surface area (Å²) in [6.45, 7) is 4.22. The Labute approximate surface area is 131 Å². The molecule has 2 atom stereocenters. The highest BCUT2D eigenvalue weighted by Crippen LogP contribution is 2.32. The fourth-order valence-electron chi connectivity index (χ4n) is 3.10. The van der Waals surface area contributed by atoms with Crippen molar-refractivity contribution < 1.29 is 9.84 Å². The summed E-state index contributed by atoms with van der Waals surface area (Å²) in [6, 6.07) is 18.1. The Morgan fingerprint density at radius 1 is 1.14 bits per heavy atom. The average Bonchev–Trinajstić information content (AvgIpc) is 2.58. The van der Waals surface area contributed by atoms with Crippen molar-refractivity contribution in [1.82, 2.24) is 5.32 Å². The molecule has 0 radical (unpaired) electrons. The van der Waals surface area contributed by atoms with E-state index < -0.39 is 5.60 Å². The summed E-state index contributed by atoms with van der Waals surface area (Å²) >= 11 is 0. The molecule has 0 saturated carbocycles. The standard InChI is InChI=1S/C19H23NO2/c1-15-7-5-6-8-16(15)13-19(21,17-9-3-2-4-10-17)18-14-20-11-12-22-18/h2-10,18,20-21H,11-14H2,1H3/t18-,19+/m0/s1. The van der Waals surface area contributed by atoms with Crippen LogP contribution in [0.3, 0.4) is 0 Å². The molecule has 1 aliphatic heterocycles. The van der Waals surface area contributed by atoms with Crippen molar-refractivity contribution in [1.29, 1.82) is 0 Å². The highest BCUT2D eigenvalue weighted by molar-refractivity contribution is 5.32. The predicted octanol–water partition coefficient (Wildman–Crippen LogP) is 2.41. The van der Waals surface area contributed by atoms with E-state index in [1.807, 2.05) is 42.5 Å². The smallest absolute Gasteiger partial charge is 0.121 e. The number of aliphatic hydroxyl groups is 1. The lowest BCUT2D eigenvalue weighted by atomic mass is 9.81. The van der Waals surface area contributed by atoms with Crippen LogP contribution >= 0.6 is 0 Å². The summed E-state index contributed by atoms with van der Waals surface area (Å²) in [5, 5.41) is 14.8. The van der Waals surface area contributed by atoms with Crippen LogP contribution in [0.15, 0.2) is 54.6 Å². The quantitative estimate of drug-likeness (QED) is 0.910. The summed E-state index contributed by atoms with van der Waals surface area (Å²) in [6.07, 6.45) is 0.305. The monoisotopic (exact) mass is 297 g/mol. The molecule has 3 nitrogen and oxygen atoms in total. The topological polar surface area (TPSA) is 41.5 Å². The van der Waals surface area contributed by atoms with Crippen LogP contribution in [0.4, 0.5) is 0 Å². The lowest BCUT2D eigenvalue weighted by Crippen LogP contribution is -2.52. The molecule has 0 amide bonds. The minimum absolute atomic E-state index is 0.247. The van der Waals surface area contributed by atoms with Crippen molar-refractivity contribution in [3.63, 3.8) is 0 Å². The van der Waals surface area contributed by atoms with E-state index in [1.165, 1.54) is 5.56 Å². The Kier molecular flexibility index (Phi) is 4.57. The lowest BCUT2D eigenvalue weighted by molar-refractivity contribution is -0.124. The van der Waals surface area contributed by atoms with Crippen LogP contribution in [0.1, 0.15) is 16.7 Å². The largest absolute Gasteiger partial charge is 0.382 e. The van der Waals surface area contributed by atoms with E-state index in [0.717, 1.165) is 17.7 Å². The normalized spacial score (nSPS) is 21.3. The van der Waals surface area contributed by atoms with E-state index in [4.69, 9.17) is 4.74 Å². The van der Waals surface area contributed by atoms with Gasteiger partial charge in [0.05, 0.1) is 6.61 Å². The molecule has 22 heavy (non-hydrogen) atoms. The molecule has 2 N–H and O–H groups in total. The number of hydrogen-bond donors (Lipinski definition) is 2. The van der Waals surface area contributed by atoms with Crippen molar-refractivity contribution in [2.75, 3.05) is 19.7 Å². The Bertz CT molecular complexity index is 608. The number of ether oxygens (including phenoxy) is 1. The SMILES string of the molecule is Cc1ccccc1C[C@@](O)(c1ccccc1)[C@@H]1CNCCO1. The summed E-state index contributed by atoms with van der Waals surface area (Å²) in [5.41, 5.74) is 2.23. The highest BCUT2D eigenvalue weighted by Gasteiger charge is 2.40. The van der Waals surface area contributed by atoms with Crippen LogP contribution in [-0.2, 0) is 16.8 Å². The molecule has 3 heteroatoms. The van der Waals surface area contributed by atoms with Gasteiger partial charge in [-0.2, -0.15) is 0 Å². The first-order valence-electron chi connectivity index (χ1n) is 7.85. The molecule has 1 heterocycles. The summed E-state index contributed by atoms with van der Waals surface area (Å²) in [7, 11) is 0. The first-order chi connectivity index (χ1) is 10.7. The molecule has 2 aromatic carbocycles. The minimum atomic E-state index is -1.03. The van der Waals surface area contributed by atoms with Crippen LogP contribution in [0.2, 0.25) is 0 Å². The zero-order valence-corrected chi connectivity index (χ0v) is 13.0. The Morgan fingerprint density at radius 3 is 2.55 bits per heavy atom. The van der Waals surface area contributed by atoms with Gasteiger partial charge in [0.25, 0.3) is 0 Å². The fourth-order valence-corrected chi connectivity index (χ4v) is 3.10. The van der Waals surface area contributed by atoms with Gasteiger partial charge in [0.1, 0.15) is 11.7 Å². The van der Waals surface area contributed by atoms with Gasteiger partial charge in [-0.05, 0) is 23.6 Å². The number of aryl methyl sites for hydroxylation is 1. The molecule has 116 valence electrons. The van der Waals surface area contributed by atoms with Gasteiger partial charge in [0, 0.05) is 19.5 Å². The number of benzene rings is 2. The zero-order valence-electron chi connectivity index (χ0n) is 13.0. The van der Waals surface area contributed by atoms with Crippen LogP contribution < -0.4 is 5.32 Å². The number of nitrogens with one attached hydrogen (secondary N) is 1. The van der Waals surface area contributed by atoms with Gasteiger partial charge in [0.2, 0.25) is 0 Å². The zero-order chi connectivity index (χ0) is 15.4. The van der Waals surface area contributed by atoms with Crippen molar-refractivity contribution in [3.05, 3.63) is 71.3 Å². The summed E-state index contributed by atoms with van der Waals surface area (Å²) in [5.74, 6) is 0. The second-order valence-corrected chi connectivity index (χ2v) is 5.96. The van der Waals surface area contributed by atoms with Gasteiger partial charge in [-0.3, -0.25) is 0 Å². The Hall–Kier alpha value is -1.68. The van der Waals surface area contributed by atoms with Gasteiger partial charge in [-0.1, -0.05) is 54.6 Å². The highest BCUT2D eigenvalue weighted by atomic mass is 16.5. The molecule has 2 aromatic rings. The third-order valence-corrected chi connectivity index (χ3v) is 4.46. The van der Waals surface area contributed by atoms with E-state index in [2.05, 4.69) is 24.4 Å². The molecular weight excluding hydrogens is 274 g/mol. The predicted molar refractivity (Wildman–Crippen MR) is 87.8 cm³/mol. The van der Waals surface area contributed by atoms with Crippen LogP contribution in [0.25, 0.3) is 0 Å². The van der Waals surface area contributed by atoms with E-state index in [9.17, 15) is 5.11 Å². The molecule has 1 saturated heterocycles. The Morgan fingerprint density at radius 2 is 1.86 bits per heavy atom. The van der Waals surface area contributed by atoms with Gasteiger partial charge in [-0.25, -0.2) is 0 Å². The van der Waals surface area contributed by atoms with E-state index >= 15 is 0 Å². The molecular formula is C19H23NO2. The minimum Gasteiger partial charge on any atom is -0.382 e. The van der Waals surface area contributed by atoms with Crippen LogP contribution in [-0.4, -0.2) is 30.9 Å². The number of morpholine rings is 1. The molecule has 0 aromatic heterocycles. The molecule has 3 rings (SSSR count). The van der Waals surface area contributed by atoms with Crippen molar-refractivity contribution >= 4 is 0 Å². The van der Waals surface area contributed by atoms with Crippen LogP contribution in [0, 0.1) is 6.92 Å². The lowest BCUT2D eigenvalue weighted by Gasteiger charge is -2.39. The summed E-state index contributed by atoms with van der Waals surface area (Å²) in [4.78, 5) is 0. The average molecular weight is 297 g/mol. The molecule has 0 unspecified atom stereocenters. The third kappa shape index (κ3) is 3.07. The molecule has 0 aliphatic carbocycles. The van der Waals surface area contributed by atoms with E-state index in [-0.39, 0.29) is 6.10 Å².